The second-order valence-electron chi connectivity index (χ2n) is 4.84. The van der Waals surface area contributed by atoms with Gasteiger partial charge in [-0.2, -0.15) is 0 Å². The number of rotatable bonds is 6. The van der Waals surface area contributed by atoms with Crippen LogP contribution in [-0.2, 0) is 11.2 Å². The van der Waals surface area contributed by atoms with Gasteiger partial charge in [-0.3, -0.25) is 4.79 Å². The topological polar surface area (TPSA) is 85.2 Å². The quantitative estimate of drug-likeness (QED) is 0.629. The minimum atomic E-state index is -0.479. The number of methoxy groups -OCH3 is 2. The summed E-state index contributed by atoms with van der Waals surface area (Å²) in [4.78, 5) is 11.9. The highest BCUT2D eigenvalue weighted by Gasteiger charge is 2.11. The van der Waals surface area contributed by atoms with Crippen molar-refractivity contribution >= 4 is 5.97 Å². The van der Waals surface area contributed by atoms with E-state index in [0.29, 0.717) is 17.9 Å². The molecule has 6 nitrogen and oxygen atoms in total. The number of esters is 1. The summed E-state index contributed by atoms with van der Waals surface area (Å²) < 4.78 is 15.5. The number of benzene rings is 2. The first-order valence-electron chi connectivity index (χ1n) is 6.96. The third-order valence-corrected chi connectivity index (χ3v) is 3.20. The Balaban J connectivity index is 1.99. The van der Waals surface area contributed by atoms with Crippen molar-refractivity contribution in [1.82, 2.24) is 0 Å². The Morgan fingerprint density at radius 3 is 2.26 bits per heavy atom. The molecule has 0 radical (unpaired) electrons. The maximum absolute atomic E-state index is 11.9. The zero-order valence-electron chi connectivity index (χ0n) is 12.9. The molecule has 0 heterocycles. The van der Waals surface area contributed by atoms with Crippen LogP contribution in [0.5, 0.6) is 28.7 Å². The number of carbonyl (C=O) groups excluding carboxylic acids is 1. The highest BCUT2D eigenvalue weighted by atomic mass is 16.5. The van der Waals surface area contributed by atoms with Crippen molar-refractivity contribution in [2.75, 3.05) is 14.2 Å². The number of hydrogen-bond acceptors (Lipinski definition) is 6. The smallest absolute Gasteiger partial charge is 0.311 e. The van der Waals surface area contributed by atoms with Crippen LogP contribution in [0.2, 0.25) is 0 Å². The second-order valence-corrected chi connectivity index (χ2v) is 4.84. The highest BCUT2D eigenvalue weighted by Crippen LogP contribution is 2.27. The van der Waals surface area contributed by atoms with Gasteiger partial charge in [0.15, 0.2) is 0 Å². The van der Waals surface area contributed by atoms with Gasteiger partial charge < -0.3 is 24.4 Å². The fourth-order valence-corrected chi connectivity index (χ4v) is 2.10. The molecule has 0 saturated heterocycles. The molecule has 0 aliphatic carbocycles. The number of aryl methyl sites for hydroxylation is 1. The Hall–Kier alpha value is -2.89. The number of aromatic hydroxyl groups is 2. The van der Waals surface area contributed by atoms with Crippen molar-refractivity contribution in [3.8, 4) is 28.7 Å². The summed E-state index contributed by atoms with van der Waals surface area (Å²) in [5, 5.41) is 18.7. The van der Waals surface area contributed by atoms with Crippen LogP contribution in [0.15, 0.2) is 36.4 Å². The van der Waals surface area contributed by atoms with Gasteiger partial charge in [-0.05, 0) is 18.1 Å². The standard InChI is InChI=1S/C17H18O6/c1-21-14-5-3-11(16(10-14)22-2)4-6-17(20)23-15-8-12(18)7-13(19)9-15/h3,5,7-10,18-19H,4,6H2,1-2H3. The van der Waals surface area contributed by atoms with Crippen LogP contribution in [0.25, 0.3) is 0 Å². The molecule has 0 saturated carbocycles. The molecule has 0 aliphatic heterocycles. The first kappa shape index (κ1) is 16.5. The van der Waals surface area contributed by atoms with E-state index < -0.39 is 5.97 Å². The molecule has 23 heavy (non-hydrogen) atoms. The zero-order chi connectivity index (χ0) is 16.8. The monoisotopic (exact) mass is 318 g/mol. The fraction of sp³-hybridized carbons (Fsp3) is 0.235. The van der Waals surface area contributed by atoms with Gasteiger partial charge in [-0.1, -0.05) is 6.07 Å². The van der Waals surface area contributed by atoms with Crippen LogP contribution in [-0.4, -0.2) is 30.4 Å². The van der Waals surface area contributed by atoms with E-state index in [1.807, 2.05) is 6.07 Å². The van der Waals surface area contributed by atoms with E-state index in [1.54, 1.807) is 26.4 Å². The van der Waals surface area contributed by atoms with Gasteiger partial charge in [0.1, 0.15) is 28.7 Å². The van der Waals surface area contributed by atoms with Gasteiger partial charge in [-0.25, -0.2) is 0 Å². The summed E-state index contributed by atoms with van der Waals surface area (Å²) in [6.07, 6.45) is 0.551. The molecular weight excluding hydrogens is 300 g/mol. The molecule has 2 aromatic rings. The summed E-state index contributed by atoms with van der Waals surface area (Å²) in [7, 11) is 3.11. The molecule has 0 aliphatic rings. The summed E-state index contributed by atoms with van der Waals surface area (Å²) in [6.45, 7) is 0. The second kappa shape index (κ2) is 7.40. The molecule has 0 aromatic heterocycles. The summed E-state index contributed by atoms with van der Waals surface area (Å²) in [6, 6.07) is 9.02. The third-order valence-electron chi connectivity index (χ3n) is 3.20. The first-order chi connectivity index (χ1) is 11.0. The normalized spacial score (nSPS) is 10.2. The summed E-state index contributed by atoms with van der Waals surface area (Å²) in [5.74, 6) is 0.562. The van der Waals surface area contributed by atoms with Crippen molar-refractivity contribution in [1.29, 1.82) is 0 Å². The number of phenolic OH excluding ortho intramolecular Hbond substituents is 2. The van der Waals surface area contributed by atoms with E-state index in [1.165, 1.54) is 12.1 Å². The Kier molecular flexibility index (Phi) is 5.30. The lowest BCUT2D eigenvalue weighted by Gasteiger charge is -2.10. The van der Waals surface area contributed by atoms with Gasteiger partial charge >= 0.3 is 5.97 Å². The lowest BCUT2D eigenvalue weighted by Crippen LogP contribution is -2.09. The minimum absolute atomic E-state index is 0.0918. The van der Waals surface area contributed by atoms with Gasteiger partial charge in [0.05, 0.1) is 20.6 Å². The minimum Gasteiger partial charge on any atom is -0.508 e. The number of carbonyl (C=O) groups is 1. The number of phenols is 2. The Morgan fingerprint density at radius 2 is 1.65 bits per heavy atom. The van der Waals surface area contributed by atoms with Crippen molar-refractivity contribution in [3.63, 3.8) is 0 Å². The average Bonchev–Trinajstić information content (AvgIpc) is 2.51. The molecule has 0 spiro atoms. The van der Waals surface area contributed by atoms with Crippen LogP contribution in [0, 0.1) is 0 Å². The molecule has 0 unspecified atom stereocenters. The van der Waals surface area contributed by atoms with Gasteiger partial charge in [0, 0.05) is 24.3 Å². The maximum atomic E-state index is 11.9. The molecule has 0 atom stereocenters. The maximum Gasteiger partial charge on any atom is 0.311 e. The van der Waals surface area contributed by atoms with E-state index in [-0.39, 0.29) is 23.7 Å². The van der Waals surface area contributed by atoms with E-state index in [4.69, 9.17) is 14.2 Å². The Bertz CT molecular complexity index is 675. The fourth-order valence-electron chi connectivity index (χ4n) is 2.10. The molecule has 2 aromatic carbocycles. The van der Waals surface area contributed by atoms with Crippen molar-refractivity contribution in [3.05, 3.63) is 42.0 Å². The number of ether oxygens (including phenoxy) is 3. The van der Waals surface area contributed by atoms with Crippen LogP contribution >= 0.6 is 0 Å². The molecule has 0 bridgehead atoms. The lowest BCUT2D eigenvalue weighted by molar-refractivity contribution is -0.134. The largest absolute Gasteiger partial charge is 0.508 e. The van der Waals surface area contributed by atoms with Crippen LogP contribution in [0.3, 0.4) is 0 Å². The van der Waals surface area contributed by atoms with Gasteiger partial charge in [0.25, 0.3) is 0 Å². The van der Waals surface area contributed by atoms with Crippen molar-refractivity contribution < 1.29 is 29.2 Å². The molecule has 0 fully saturated rings. The predicted octanol–water partition coefficient (Wildman–Crippen LogP) is 2.65. The zero-order valence-corrected chi connectivity index (χ0v) is 12.9. The molecule has 0 amide bonds. The van der Waals surface area contributed by atoms with Crippen molar-refractivity contribution in [2.45, 2.75) is 12.8 Å². The average molecular weight is 318 g/mol. The van der Waals surface area contributed by atoms with Gasteiger partial charge in [-0.15, -0.1) is 0 Å². The SMILES string of the molecule is COc1ccc(CCC(=O)Oc2cc(O)cc(O)c2)c(OC)c1. The lowest BCUT2D eigenvalue weighted by atomic mass is 10.1. The Labute approximate surface area is 133 Å². The van der Waals surface area contributed by atoms with Crippen LogP contribution in [0.1, 0.15) is 12.0 Å². The van der Waals surface area contributed by atoms with E-state index in [0.717, 1.165) is 11.6 Å². The van der Waals surface area contributed by atoms with Crippen LogP contribution < -0.4 is 14.2 Å². The molecule has 2 N–H and O–H groups in total. The predicted molar refractivity (Wildman–Crippen MR) is 83.3 cm³/mol. The number of hydrogen-bond donors (Lipinski definition) is 2. The van der Waals surface area contributed by atoms with Crippen molar-refractivity contribution in [2.24, 2.45) is 0 Å². The van der Waals surface area contributed by atoms with Gasteiger partial charge in [0.2, 0.25) is 0 Å². The molecular formula is C17H18O6. The highest BCUT2D eigenvalue weighted by molar-refractivity contribution is 5.73. The molecule has 2 rings (SSSR count). The first-order valence-corrected chi connectivity index (χ1v) is 6.96. The van der Waals surface area contributed by atoms with E-state index in [9.17, 15) is 15.0 Å². The molecule has 122 valence electrons. The Morgan fingerprint density at radius 1 is 0.957 bits per heavy atom. The molecule has 6 heteroatoms. The summed E-state index contributed by atoms with van der Waals surface area (Å²) >= 11 is 0. The van der Waals surface area contributed by atoms with E-state index >= 15 is 0 Å². The van der Waals surface area contributed by atoms with E-state index in [2.05, 4.69) is 0 Å². The third kappa shape index (κ3) is 4.54. The summed E-state index contributed by atoms with van der Waals surface area (Å²) in [5.41, 5.74) is 0.851. The van der Waals surface area contributed by atoms with Crippen LogP contribution in [0.4, 0.5) is 0 Å².